The number of aliphatic hydroxyl groups is 1. The topological polar surface area (TPSA) is 67.3 Å². The maximum absolute atomic E-state index is 9.59. The molecule has 0 aromatic carbocycles. The van der Waals surface area contributed by atoms with Gasteiger partial charge in [-0.15, -0.1) is 0 Å². The normalized spacial score (nSPS) is 13.5. The summed E-state index contributed by atoms with van der Waals surface area (Å²) in [6.07, 6.45) is 1.14. The van der Waals surface area contributed by atoms with Crippen molar-refractivity contribution in [2.24, 2.45) is 0 Å². The molecule has 0 saturated carbocycles. The van der Waals surface area contributed by atoms with Crippen molar-refractivity contribution >= 4 is 17.4 Å². The van der Waals surface area contributed by atoms with Gasteiger partial charge in [-0.1, -0.05) is 11.6 Å². The molecule has 1 aromatic heterocycles. The fourth-order valence-corrected chi connectivity index (χ4v) is 1.35. The Morgan fingerprint density at radius 3 is 2.79 bits per heavy atom. The van der Waals surface area contributed by atoms with Crippen LogP contribution in [0.2, 0.25) is 5.02 Å². The summed E-state index contributed by atoms with van der Waals surface area (Å²) in [6, 6.07) is 0. The first-order valence-corrected chi connectivity index (χ1v) is 4.68. The van der Waals surface area contributed by atoms with Crippen molar-refractivity contribution in [3.8, 4) is 0 Å². The third-order valence-electron chi connectivity index (χ3n) is 1.72. The highest BCUT2D eigenvalue weighted by atomic mass is 35.5. The number of aromatic nitrogens is 2. The minimum absolute atomic E-state index is 0.295. The molecule has 1 unspecified atom stereocenters. The summed E-state index contributed by atoms with van der Waals surface area (Å²) in [5.41, 5.74) is 5.46. The van der Waals surface area contributed by atoms with Crippen LogP contribution in [0.15, 0.2) is 6.20 Å². The van der Waals surface area contributed by atoms with E-state index in [9.17, 15) is 5.11 Å². The number of hydrogen-bond donors (Lipinski definition) is 2. The van der Waals surface area contributed by atoms with Gasteiger partial charge in [0.05, 0.1) is 12.6 Å². The van der Waals surface area contributed by atoms with E-state index in [1.54, 1.807) is 10.9 Å². The van der Waals surface area contributed by atoms with Crippen LogP contribution in [0, 0.1) is 0 Å². The van der Waals surface area contributed by atoms with Crippen LogP contribution in [0.1, 0.15) is 0 Å². The summed E-state index contributed by atoms with van der Waals surface area (Å²) < 4.78 is 1.55. The lowest BCUT2D eigenvalue weighted by Gasteiger charge is -2.15. The van der Waals surface area contributed by atoms with Crippen LogP contribution >= 0.6 is 11.6 Å². The summed E-state index contributed by atoms with van der Waals surface area (Å²) in [5.74, 6) is 0.295. The van der Waals surface area contributed by atoms with Gasteiger partial charge in [-0.3, -0.25) is 4.68 Å². The Kier molecular flexibility index (Phi) is 3.74. The largest absolute Gasteiger partial charge is 0.390 e. The van der Waals surface area contributed by atoms with Gasteiger partial charge in [0, 0.05) is 12.7 Å². The van der Waals surface area contributed by atoms with Gasteiger partial charge < -0.3 is 15.7 Å². The van der Waals surface area contributed by atoms with Crippen LogP contribution in [-0.2, 0) is 6.54 Å². The summed E-state index contributed by atoms with van der Waals surface area (Å²) in [5, 5.41) is 13.9. The number of nitrogens with two attached hydrogens (primary N) is 1. The zero-order valence-electron chi connectivity index (χ0n) is 8.31. The van der Waals surface area contributed by atoms with Crippen LogP contribution in [0.25, 0.3) is 0 Å². The van der Waals surface area contributed by atoms with E-state index in [1.165, 1.54) is 0 Å². The lowest BCUT2D eigenvalue weighted by atomic mass is 10.3. The molecule has 0 aliphatic carbocycles. The van der Waals surface area contributed by atoms with E-state index in [2.05, 4.69) is 5.10 Å². The van der Waals surface area contributed by atoms with Crippen LogP contribution in [0.3, 0.4) is 0 Å². The van der Waals surface area contributed by atoms with Crippen molar-refractivity contribution in [3.05, 3.63) is 11.2 Å². The Morgan fingerprint density at radius 1 is 1.71 bits per heavy atom. The predicted octanol–water partition coefficient (Wildman–Crippen LogP) is 0.0412. The Bertz CT molecular complexity index is 280. The Labute approximate surface area is 88.1 Å². The first-order chi connectivity index (χ1) is 6.49. The Hall–Kier alpha value is -0.780. The molecule has 80 valence electrons. The fourth-order valence-electron chi connectivity index (χ4n) is 1.20. The number of nitrogens with zero attached hydrogens (tertiary/aromatic N) is 3. The van der Waals surface area contributed by atoms with Crippen molar-refractivity contribution in [2.75, 3.05) is 26.4 Å². The maximum atomic E-state index is 9.59. The molecule has 0 fully saturated rings. The number of nitrogen functional groups attached to an aromatic ring is 1. The molecule has 1 heterocycles. The molecule has 1 atom stereocenters. The van der Waals surface area contributed by atoms with Gasteiger partial charge >= 0.3 is 0 Å². The van der Waals surface area contributed by atoms with Crippen LogP contribution < -0.4 is 5.73 Å². The molecule has 6 heteroatoms. The minimum Gasteiger partial charge on any atom is -0.390 e. The van der Waals surface area contributed by atoms with Gasteiger partial charge in [0.25, 0.3) is 0 Å². The second-order valence-corrected chi connectivity index (χ2v) is 3.91. The van der Waals surface area contributed by atoms with Gasteiger partial charge in [0.1, 0.15) is 5.02 Å². The second kappa shape index (κ2) is 4.63. The van der Waals surface area contributed by atoms with Gasteiger partial charge in [0.15, 0.2) is 5.82 Å². The van der Waals surface area contributed by atoms with Crippen molar-refractivity contribution in [2.45, 2.75) is 12.6 Å². The monoisotopic (exact) mass is 218 g/mol. The fraction of sp³-hybridized carbons (Fsp3) is 0.625. The Balaban J connectivity index is 2.51. The Morgan fingerprint density at radius 2 is 2.36 bits per heavy atom. The van der Waals surface area contributed by atoms with Crippen molar-refractivity contribution < 1.29 is 5.11 Å². The van der Waals surface area contributed by atoms with Crippen LogP contribution in [0.5, 0.6) is 0 Å². The number of likely N-dealkylation sites (N-methyl/N-ethyl adjacent to an activating group) is 1. The molecule has 5 nitrogen and oxygen atoms in total. The average Bonchev–Trinajstić information content (AvgIpc) is 2.28. The summed E-state index contributed by atoms with van der Waals surface area (Å²) in [4.78, 5) is 1.90. The SMILES string of the molecule is CN(C)CC(O)Cn1cc(Cl)c(N)n1. The molecule has 0 radical (unpaired) electrons. The van der Waals surface area contributed by atoms with Gasteiger partial charge in [-0.05, 0) is 14.1 Å². The molecule has 0 amide bonds. The van der Waals surface area contributed by atoms with Crippen LogP contribution in [0.4, 0.5) is 5.82 Å². The minimum atomic E-state index is -0.472. The van der Waals surface area contributed by atoms with E-state index in [1.807, 2.05) is 19.0 Å². The van der Waals surface area contributed by atoms with E-state index >= 15 is 0 Å². The van der Waals surface area contributed by atoms with E-state index in [-0.39, 0.29) is 0 Å². The standard InChI is InChI=1S/C8H15ClN4O/c1-12(2)3-6(14)4-13-5-7(9)8(10)11-13/h5-6,14H,3-4H2,1-2H3,(H2,10,11). The molecule has 0 spiro atoms. The number of aliphatic hydroxyl groups excluding tert-OH is 1. The highest BCUT2D eigenvalue weighted by Gasteiger charge is 2.09. The third-order valence-corrected chi connectivity index (χ3v) is 2.01. The maximum Gasteiger partial charge on any atom is 0.164 e. The van der Waals surface area contributed by atoms with Gasteiger partial charge in [-0.2, -0.15) is 5.10 Å². The summed E-state index contributed by atoms with van der Waals surface area (Å²) in [7, 11) is 3.79. The number of rotatable bonds is 4. The van der Waals surface area contributed by atoms with E-state index < -0.39 is 6.10 Å². The first kappa shape index (κ1) is 11.3. The van der Waals surface area contributed by atoms with Gasteiger partial charge in [0.2, 0.25) is 0 Å². The molecule has 0 bridgehead atoms. The smallest absolute Gasteiger partial charge is 0.164 e. The van der Waals surface area contributed by atoms with Crippen molar-refractivity contribution in [1.82, 2.24) is 14.7 Å². The lowest BCUT2D eigenvalue weighted by molar-refractivity contribution is 0.116. The highest BCUT2D eigenvalue weighted by molar-refractivity contribution is 6.32. The first-order valence-electron chi connectivity index (χ1n) is 4.30. The second-order valence-electron chi connectivity index (χ2n) is 3.50. The summed E-state index contributed by atoms with van der Waals surface area (Å²) in [6.45, 7) is 0.979. The molecule has 0 saturated heterocycles. The third kappa shape index (κ3) is 3.17. The van der Waals surface area contributed by atoms with Gasteiger partial charge in [-0.25, -0.2) is 0 Å². The number of anilines is 1. The molecule has 3 N–H and O–H groups in total. The van der Waals surface area contributed by atoms with E-state index in [0.29, 0.717) is 23.9 Å². The number of halogens is 1. The molecule has 14 heavy (non-hydrogen) atoms. The zero-order valence-corrected chi connectivity index (χ0v) is 9.07. The molecule has 1 aromatic rings. The molecular weight excluding hydrogens is 204 g/mol. The van der Waals surface area contributed by atoms with Crippen LogP contribution in [-0.4, -0.2) is 46.5 Å². The quantitative estimate of drug-likeness (QED) is 0.749. The molecule has 1 rings (SSSR count). The van der Waals surface area contributed by atoms with E-state index in [4.69, 9.17) is 17.3 Å². The molecule has 0 aliphatic heterocycles. The molecular formula is C8H15ClN4O. The lowest BCUT2D eigenvalue weighted by Crippen LogP contribution is -2.29. The van der Waals surface area contributed by atoms with Crippen molar-refractivity contribution in [3.63, 3.8) is 0 Å². The summed E-state index contributed by atoms with van der Waals surface area (Å²) >= 11 is 5.72. The predicted molar refractivity (Wildman–Crippen MR) is 56.2 cm³/mol. The molecule has 0 aliphatic rings. The average molecular weight is 219 g/mol. The highest BCUT2D eigenvalue weighted by Crippen LogP contribution is 2.15. The van der Waals surface area contributed by atoms with Crippen molar-refractivity contribution in [1.29, 1.82) is 0 Å². The zero-order chi connectivity index (χ0) is 10.7. The van der Waals surface area contributed by atoms with E-state index in [0.717, 1.165) is 0 Å². The number of hydrogen-bond acceptors (Lipinski definition) is 4.